The number of ketones is 1. The second kappa shape index (κ2) is 1.66. The van der Waals surface area contributed by atoms with E-state index < -0.39 is 0 Å². The quantitative estimate of drug-likeness (QED) is 0.604. The topological polar surface area (TPSA) is 17.1 Å². The summed E-state index contributed by atoms with van der Waals surface area (Å²) in [5.41, 5.74) is 0.370. The first-order valence-corrected chi connectivity index (χ1v) is 6.76. The van der Waals surface area contributed by atoms with Gasteiger partial charge in [-0.05, 0) is 41.4 Å². The highest BCUT2D eigenvalue weighted by atomic mass is 79.9. The second-order valence-corrected chi connectivity index (χ2v) is 7.40. The van der Waals surface area contributed by atoms with Gasteiger partial charge >= 0.3 is 0 Å². The summed E-state index contributed by atoms with van der Waals surface area (Å²) in [4.78, 5) is 12.9. The molecule has 1 nitrogen and oxygen atoms in total. The van der Waals surface area contributed by atoms with Gasteiger partial charge in [0.15, 0.2) is 0 Å². The Bertz CT molecular complexity index is 390. The van der Waals surface area contributed by atoms with Crippen molar-refractivity contribution in [3.05, 3.63) is 0 Å². The van der Waals surface area contributed by atoms with E-state index in [0.717, 1.165) is 29.6 Å². The maximum atomic E-state index is 12.2. The van der Waals surface area contributed by atoms with Crippen molar-refractivity contribution in [1.82, 2.24) is 0 Å². The van der Waals surface area contributed by atoms with E-state index in [4.69, 9.17) is 0 Å². The van der Waals surface area contributed by atoms with Gasteiger partial charge in [-0.3, -0.25) is 4.79 Å². The van der Waals surface area contributed by atoms with Crippen LogP contribution >= 0.6 is 15.9 Å². The van der Waals surface area contributed by atoms with Crippen molar-refractivity contribution in [2.24, 2.45) is 46.8 Å². The van der Waals surface area contributed by atoms with Gasteiger partial charge in [-0.15, -0.1) is 0 Å². The maximum absolute atomic E-state index is 12.2. The van der Waals surface area contributed by atoms with Crippen molar-refractivity contribution in [1.29, 1.82) is 0 Å². The Morgan fingerprint density at radius 2 is 2.14 bits per heavy atom. The molecule has 0 saturated heterocycles. The molecule has 14 heavy (non-hydrogen) atoms. The number of carbonyl (C=O) groups is 1. The van der Waals surface area contributed by atoms with E-state index in [1.807, 2.05) is 0 Å². The zero-order valence-corrected chi connectivity index (χ0v) is 9.70. The molecule has 6 fully saturated rings. The Labute approximate surface area is 91.8 Å². The van der Waals surface area contributed by atoms with E-state index in [1.54, 1.807) is 0 Å². The lowest BCUT2D eigenvalue weighted by molar-refractivity contribution is -0.122. The fourth-order valence-corrected chi connectivity index (χ4v) is 8.05. The molecule has 9 atom stereocenters. The van der Waals surface area contributed by atoms with Gasteiger partial charge in [-0.25, -0.2) is 0 Å². The zero-order valence-electron chi connectivity index (χ0n) is 8.11. The van der Waals surface area contributed by atoms with Gasteiger partial charge in [0.1, 0.15) is 5.78 Å². The van der Waals surface area contributed by atoms with Gasteiger partial charge in [-0.2, -0.15) is 0 Å². The van der Waals surface area contributed by atoms with Crippen LogP contribution in [0.3, 0.4) is 0 Å². The molecule has 0 aliphatic heterocycles. The molecular formula is C12H13BrO. The third-order valence-corrected chi connectivity index (χ3v) is 8.22. The lowest BCUT2D eigenvalue weighted by Gasteiger charge is -2.38. The van der Waals surface area contributed by atoms with Crippen LogP contribution in [0, 0.1) is 46.8 Å². The summed E-state index contributed by atoms with van der Waals surface area (Å²) in [6.45, 7) is 2.40. The van der Waals surface area contributed by atoms with Gasteiger partial charge in [0.05, 0.1) is 0 Å². The molecule has 74 valence electrons. The summed E-state index contributed by atoms with van der Waals surface area (Å²) < 4.78 is 0. The molecule has 0 radical (unpaired) electrons. The van der Waals surface area contributed by atoms with Gasteiger partial charge in [0.2, 0.25) is 0 Å². The zero-order chi connectivity index (χ0) is 9.40. The highest BCUT2D eigenvalue weighted by Gasteiger charge is 2.87. The third kappa shape index (κ3) is 0.391. The predicted octanol–water partition coefficient (Wildman–Crippen LogP) is 2.10. The van der Waals surface area contributed by atoms with Crippen LogP contribution < -0.4 is 0 Å². The molecule has 6 aliphatic carbocycles. The molecular weight excluding hydrogens is 240 g/mol. The molecule has 0 heterocycles. The minimum Gasteiger partial charge on any atom is -0.299 e. The first-order valence-electron chi connectivity index (χ1n) is 5.85. The first kappa shape index (κ1) is 7.43. The monoisotopic (exact) mass is 252 g/mol. The van der Waals surface area contributed by atoms with Crippen molar-refractivity contribution in [3.8, 4) is 0 Å². The number of carbonyl (C=O) groups excluding carboxylic acids is 1. The fraction of sp³-hybridized carbons (Fsp3) is 0.917. The van der Waals surface area contributed by atoms with Crippen molar-refractivity contribution in [2.45, 2.75) is 18.2 Å². The van der Waals surface area contributed by atoms with Crippen molar-refractivity contribution >= 4 is 21.7 Å². The standard InChI is InChI=1S/C12H13BrO/c1-12-8-4-2-3-5(6(4)11(12)13)9(12)10(14)7(3)8/h3-9,11H,2H2,1H3/t3?,4-,5?,6-,7-,8+,9-,11+,12+/m1/s1. The molecule has 2 heteroatoms. The smallest absolute Gasteiger partial charge is 0.140 e. The third-order valence-electron chi connectivity index (χ3n) is 6.63. The van der Waals surface area contributed by atoms with Crippen LogP contribution in [0.25, 0.3) is 0 Å². The summed E-state index contributed by atoms with van der Waals surface area (Å²) in [5.74, 6) is 5.85. The van der Waals surface area contributed by atoms with Crippen molar-refractivity contribution in [2.75, 3.05) is 0 Å². The minimum atomic E-state index is 0.370. The summed E-state index contributed by atoms with van der Waals surface area (Å²) >= 11 is 3.92. The molecule has 6 saturated carbocycles. The number of Topliss-reactive ketones (excluding diaryl/α,β-unsaturated/α-hetero) is 1. The summed E-state index contributed by atoms with van der Waals surface area (Å²) in [6, 6.07) is 0. The fourth-order valence-electron chi connectivity index (χ4n) is 6.72. The van der Waals surface area contributed by atoms with Crippen LogP contribution in [-0.4, -0.2) is 10.6 Å². The highest BCUT2D eigenvalue weighted by molar-refractivity contribution is 9.09. The summed E-state index contributed by atoms with van der Waals surface area (Å²) in [5, 5.41) is 0. The number of rotatable bonds is 0. The molecule has 0 aromatic heterocycles. The van der Waals surface area contributed by atoms with Crippen LogP contribution in [0.2, 0.25) is 0 Å². The Morgan fingerprint density at radius 3 is 2.86 bits per heavy atom. The van der Waals surface area contributed by atoms with Gasteiger partial charge in [0, 0.05) is 16.7 Å². The molecule has 6 rings (SSSR count). The van der Waals surface area contributed by atoms with E-state index in [2.05, 4.69) is 22.9 Å². The van der Waals surface area contributed by atoms with E-state index in [9.17, 15) is 4.79 Å². The number of hydrogen-bond donors (Lipinski definition) is 0. The second-order valence-electron chi connectivity index (χ2n) is 6.42. The Kier molecular flexibility index (Phi) is 0.883. The van der Waals surface area contributed by atoms with Gasteiger partial charge < -0.3 is 0 Å². The molecule has 0 aromatic carbocycles. The molecule has 0 spiro atoms. The number of hydrogen-bond acceptors (Lipinski definition) is 1. The van der Waals surface area contributed by atoms with E-state index in [1.165, 1.54) is 6.42 Å². The largest absolute Gasteiger partial charge is 0.299 e. The SMILES string of the molecule is C[C@@]12[C@H]3[C@@H]4CC5C([C@@H]4[C@@H]1Br)[C@@H]2C(=O)[C@H]53. The number of halogens is 1. The molecule has 2 unspecified atom stereocenters. The summed E-state index contributed by atoms with van der Waals surface area (Å²) in [7, 11) is 0. The van der Waals surface area contributed by atoms with Crippen LogP contribution in [0.5, 0.6) is 0 Å². The summed E-state index contributed by atoms with van der Waals surface area (Å²) in [6.07, 6.45) is 1.39. The average Bonchev–Trinajstić information content (AvgIpc) is 2.81. The average molecular weight is 253 g/mol. The normalized spacial score (nSPS) is 80.3. The van der Waals surface area contributed by atoms with Crippen LogP contribution in [0.15, 0.2) is 0 Å². The van der Waals surface area contributed by atoms with Crippen LogP contribution in [-0.2, 0) is 4.79 Å². The predicted molar refractivity (Wildman–Crippen MR) is 54.9 cm³/mol. The Hall–Kier alpha value is 0.150. The van der Waals surface area contributed by atoms with E-state index in [0.29, 0.717) is 27.9 Å². The maximum Gasteiger partial charge on any atom is 0.140 e. The lowest BCUT2D eigenvalue weighted by atomic mass is 9.64. The molecule has 0 aromatic rings. The van der Waals surface area contributed by atoms with Crippen molar-refractivity contribution < 1.29 is 4.79 Å². The minimum absolute atomic E-state index is 0.370. The Morgan fingerprint density at radius 1 is 1.36 bits per heavy atom. The van der Waals surface area contributed by atoms with Crippen molar-refractivity contribution in [3.63, 3.8) is 0 Å². The van der Waals surface area contributed by atoms with Gasteiger partial charge in [0.25, 0.3) is 0 Å². The van der Waals surface area contributed by atoms with E-state index >= 15 is 0 Å². The van der Waals surface area contributed by atoms with Crippen LogP contribution in [0.1, 0.15) is 13.3 Å². The first-order chi connectivity index (χ1) is 6.67. The van der Waals surface area contributed by atoms with Crippen LogP contribution in [0.4, 0.5) is 0 Å². The van der Waals surface area contributed by atoms with E-state index in [-0.39, 0.29) is 0 Å². The van der Waals surface area contributed by atoms with Gasteiger partial charge in [-0.1, -0.05) is 22.9 Å². The highest BCUT2D eigenvalue weighted by Crippen LogP contribution is 2.86. The Balaban J connectivity index is 1.92. The molecule has 0 N–H and O–H groups in total. The molecule has 0 amide bonds. The lowest BCUT2D eigenvalue weighted by Crippen LogP contribution is -2.37. The number of alkyl halides is 1. The molecule has 6 bridgehead atoms. The molecule has 6 aliphatic rings.